The Balaban J connectivity index is 1.22. The molecule has 1 aromatic heterocycles. The molecule has 0 bridgehead atoms. The Labute approximate surface area is 169 Å². The number of hydrogen-bond donors (Lipinski definition) is 0. The van der Waals surface area contributed by atoms with Crippen molar-refractivity contribution >= 4 is 9.84 Å². The molecule has 2 saturated heterocycles. The third kappa shape index (κ3) is 3.32. The third-order valence-electron chi connectivity index (χ3n) is 7.73. The number of alkyl halides is 3. The summed E-state index contributed by atoms with van der Waals surface area (Å²) in [6.45, 7) is 5.66. The monoisotopic (exact) mass is 431 g/mol. The van der Waals surface area contributed by atoms with Crippen LogP contribution in [0.5, 0.6) is 0 Å². The van der Waals surface area contributed by atoms with Gasteiger partial charge in [0, 0.05) is 29.1 Å². The molecule has 5 nitrogen and oxygen atoms in total. The normalized spacial score (nSPS) is 35.7. The molecule has 0 amide bonds. The van der Waals surface area contributed by atoms with Crippen molar-refractivity contribution in [1.82, 2.24) is 14.7 Å². The highest BCUT2D eigenvalue weighted by molar-refractivity contribution is 7.92. The maximum Gasteiger partial charge on any atom is 0.435 e. The van der Waals surface area contributed by atoms with Crippen LogP contribution in [0.25, 0.3) is 0 Å². The number of aromatic nitrogens is 2. The maximum absolute atomic E-state index is 13.1. The Morgan fingerprint density at radius 1 is 1.14 bits per heavy atom. The Kier molecular flexibility index (Phi) is 4.25. The molecule has 4 aliphatic rings. The van der Waals surface area contributed by atoms with E-state index in [1.165, 1.54) is 6.07 Å². The van der Waals surface area contributed by atoms with Gasteiger partial charge in [0.15, 0.2) is 15.5 Å². The minimum atomic E-state index is -4.40. The lowest BCUT2D eigenvalue weighted by atomic mass is 9.80. The molecule has 162 valence electrons. The third-order valence-corrected chi connectivity index (χ3v) is 9.84. The molecule has 2 saturated carbocycles. The molecule has 3 heterocycles. The Hall–Kier alpha value is -1.09. The van der Waals surface area contributed by atoms with Crippen LogP contribution in [0.1, 0.15) is 62.9 Å². The summed E-state index contributed by atoms with van der Waals surface area (Å²) in [4.78, 5) is 2.50. The number of likely N-dealkylation sites (tertiary alicyclic amines) is 1. The molecule has 0 radical (unpaired) electrons. The summed E-state index contributed by atoms with van der Waals surface area (Å²) in [6.07, 6.45) is -0.427. The lowest BCUT2D eigenvalue weighted by Crippen LogP contribution is -2.55. The fourth-order valence-corrected chi connectivity index (χ4v) is 8.66. The van der Waals surface area contributed by atoms with Gasteiger partial charge in [-0.05, 0) is 70.5 Å². The lowest BCUT2D eigenvalue weighted by molar-refractivity contribution is -0.141. The molecule has 4 atom stereocenters. The highest BCUT2D eigenvalue weighted by atomic mass is 32.2. The van der Waals surface area contributed by atoms with Gasteiger partial charge in [-0.1, -0.05) is 0 Å². The van der Waals surface area contributed by atoms with Crippen LogP contribution in [0.3, 0.4) is 0 Å². The Bertz CT molecular complexity index is 890. The topological polar surface area (TPSA) is 55.2 Å². The van der Waals surface area contributed by atoms with Gasteiger partial charge in [-0.2, -0.15) is 18.3 Å². The maximum atomic E-state index is 13.1. The van der Waals surface area contributed by atoms with Gasteiger partial charge in [0.05, 0.1) is 11.5 Å². The standard InChI is InChI=1S/C20H28F3N3O2S/c1-12(2)26-16(9-17(24-26)20(21,22)23)18-14-7-13(8-15(14)18)25-5-3-19(4-6-25)10-29(27,28)11-19/h9,12-15,18H,3-8,10-11H2,1-2H3/t13?,14-,15+,18?. The first-order valence-corrected chi connectivity index (χ1v) is 12.4. The number of nitrogens with zero attached hydrogens (tertiary/aromatic N) is 3. The van der Waals surface area contributed by atoms with Gasteiger partial charge < -0.3 is 4.90 Å². The molecule has 2 aliphatic heterocycles. The summed E-state index contributed by atoms with van der Waals surface area (Å²) in [7, 11) is -2.79. The highest BCUT2D eigenvalue weighted by Crippen LogP contribution is 2.64. The van der Waals surface area contributed by atoms with Crippen LogP contribution in [-0.2, 0) is 16.0 Å². The molecule has 4 fully saturated rings. The van der Waals surface area contributed by atoms with E-state index in [-0.39, 0.29) is 17.4 Å². The van der Waals surface area contributed by atoms with Gasteiger partial charge in [-0.25, -0.2) is 8.42 Å². The van der Waals surface area contributed by atoms with E-state index in [0.717, 1.165) is 44.5 Å². The van der Waals surface area contributed by atoms with Crippen LogP contribution in [-0.4, -0.2) is 53.7 Å². The predicted octanol–water partition coefficient (Wildman–Crippen LogP) is 3.49. The zero-order valence-electron chi connectivity index (χ0n) is 16.8. The summed E-state index contributed by atoms with van der Waals surface area (Å²) in [5.41, 5.74) is -0.00509. The molecule has 2 unspecified atom stereocenters. The van der Waals surface area contributed by atoms with Crippen molar-refractivity contribution in [2.45, 2.75) is 63.7 Å². The second-order valence-electron chi connectivity index (χ2n) is 10.0. The molecular weight excluding hydrogens is 403 g/mol. The van der Waals surface area contributed by atoms with Crippen molar-refractivity contribution in [3.63, 3.8) is 0 Å². The first kappa shape index (κ1) is 19.8. The number of hydrogen-bond acceptors (Lipinski definition) is 4. The minimum absolute atomic E-state index is 0.0250. The Morgan fingerprint density at radius 3 is 2.21 bits per heavy atom. The van der Waals surface area contributed by atoms with Gasteiger partial charge in [-0.15, -0.1) is 0 Å². The summed E-state index contributed by atoms with van der Waals surface area (Å²) in [6, 6.07) is 1.67. The van der Waals surface area contributed by atoms with E-state index in [4.69, 9.17) is 0 Å². The molecule has 0 N–H and O–H groups in total. The highest BCUT2D eigenvalue weighted by Gasteiger charge is 2.60. The SMILES string of the molecule is CC(C)n1nc(C(F)(F)F)cc1C1[C@H]2CC(N3CCC4(CC3)CS(=O)(=O)C4)C[C@@H]12. The van der Waals surface area contributed by atoms with Crippen LogP contribution in [0.2, 0.25) is 0 Å². The number of halogens is 3. The van der Waals surface area contributed by atoms with Gasteiger partial charge in [0.2, 0.25) is 0 Å². The average Bonchev–Trinajstić information content (AvgIpc) is 2.99. The van der Waals surface area contributed by atoms with Crippen LogP contribution in [0.4, 0.5) is 13.2 Å². The first-order valence-electron chi connectivity index (χ1n) is 10.6. The molecule has 5 rings (SSSR count). The number of rotatable bonds is 3. The van der Waals surface area contributed by atoms with E-state index in [0.29, 0.717) is 29.4 Å². The molecule has 9 heteroatoms. The van der Waals surface area contributed by atoms with Crippen molar-refractivity contribution in [2.24, 2.45) is 17.3 Å². The van der Waals surface area contributed by atoms with Crippen LogP contribution in [0.15, 0.2) is 6.07 Å². The Morgan fingerprint density at radius 2 is 1.72 bits per heavy atom. The predicted molar refractivity (Wildman–Crippen MR) is 102 cm³/mol. The molecular formula is C20H28F3N3O2S. The lowest BCUT2D eigenvalue weighted by Gasteiger charge is -2.48. The van der Waals surface area contributed by atoms with Crippen molar-refractivity contribution in [1.29, 1.82) is 0 Å². The zero-order valence-corrected chi connectivity index (χ0v) is 17.6. The van der Waals surface area contributed by atoms with Crippen molar-refractivity contribution in [3.8, 4) is 0 Å². The fraction of sp³-hybridized carbons (Fsp3) is 0.850. The first-order chi connectivity index (χ1) is 13.5. The van der Waals surface area contributed by atoms with E-state index >= 15 is 0 Å². The summed E-state index contributed by atoms with van der Waals surface area (Å²) in [5, 5.41) is 3.85. The van der Waals surface area contributed by atoms with E-state index in [1.54, 1.807) is 4.68 Å². The largest absolute Gasteiger partial charge is 0.435 e. The molecule has 2 aliphatic carbocycles. The number of piperidine rings is 1. The second kappa shape index (κ2) is 6.22. The van der Waals surface area contributed by atoms with Gasteiger partial charge in [-0.3, -0.25) is 4.68 Å². The van der Waals surface area contributed by atoms with Gasteiger partial charge in [0.1, 0.15) is 0 Å². The summed E-state index contributed by atoms with van der Waals surface area (Å²) in [5.74, 6) is 1.81. The molecule has 1 aromatic rings. The van der Waals surface area contributed by atoms with Crippen LogP contribution in [0, 0.1) is 17.3 Å². The van der Waals surface area contributed by atoms with Gasteiger partial charge >= 0.3 is 6.18 Å². The smallest absolute Gasteiger partial charge is 0.300 e. The minimum Gasteiger partial charge on any atom is -0.300 e. The van der Waals surface area contributed by atoms with Crippen LogP contribution >= 0.6 is 0 Å². The van der Waals surface area contributed by atoms with Crippen LogP contribution < -0.4 is 0 Å². The fourth-order valence-electron chi connectivity index (χ4n) is 6.30. The van der Waals surface area contributed by atoms with Crippen molar-refractivity contribution < 1.29 is 21.6 Å². The molecule has 29 heavy (non-hydrogen) atoms. The number of fused-ring (bicyclic) bond motifs is 1. The van der Waals surface area contributed by atoms with E-state index in [1.807, 2.05) is 13.8 Å². The summed E-state index contributed by atoms with van der Waals surface area (Å²) >= 11 is 0. The number of sulfone groups is 1. The van der Waals surface area contributed by atoms with E-state index in [2.05, 4.69) is 10.00 Å². The average molecular weight is 432 g/mol. The summed E-state index contributed by atoms with van der Waals surface area (Å²) < 4.78 is 64.1. The second-order valence-corrected chi connectivity index (χ2v) is 12.1. The van der Waals surface area contributed by atoms with Crippen molar-refractivity contribution in [2.75, 3.05) is 24.6 Å². The van der Waals surface area contributed by atoms with E-state index in [9.17, 15) is 21.6 Å². The zero-order chi connectivity index (χ0) is 20.8. The van der Waals surface area contributed by atoms with E-state index < -0.39 is 21.7 Å². The quantitative estimate of drug-likeness (QED) is 0.735. The molecule has 1 spiro atoms. The molecule has 0 aromatic carbocycles. The van der Waals surface area contributed by atoms with Gasteiger partial charge in [0.25, 0.3) is 0 Å². The van der Waals surface area contributed by atoms with Crippen molar-refractivity contribution in [3.05, 3.63) is 17.5 Å².